The first-order chi connectivity index (χ1) is 14.6. The second-order valence-corrected chi connectivity index (χ2v) is 7.76. The Hall–Kier alpha value is -2.65. The van der Waals surface area contributed by atoms with Crippen molar-refractivity contribution in [1.82, 2.24) is 25.7 Å². The second-order valence-electron chi connectivity index (χ2n) is 7.76. The maximum Gasteiger partial charge on any atom is 0.234 e. The summed E-state index contributed by atoms with van der Waals surface area (Å²) in [6, 6.07) is 7.84. The number of amides is 1. The average Bonchev–Trinajstić information content (AvgIpc) is 2.76. The maximum atomic E-state index is 13.9. The molecule has 0 spiro atoms. The Morgan fingerprint density at radius 3 is 2.67 bits per heavy atom. The molecule has 160 valence electrons. The lowest BCUT2D eigenvalue weighted by Crippen LogP contribution is -2.54. The third-order valence-electron chi connectivity index (χ3n) is 5.64. The smallest absolute Gasteiger partial charge is 0.234 e. The van der Waals surface area contributed by atoms with E-state index in [1.807, 2.05) is 6.07 Å². The Kier molecular flexibility index (Phi) is 6.49. The summed E-state index contributed by atoms with van der Waals surface area (Å²) in [4.78, 5) is 16.5. The van der Waals surface area contributed by atoms with E-state index in [1.54, 1.807) is 18.3 Å². The molecule has 2 N–H and O–H groups in total. The molecule has 2 aliphatic rings. The molecule has 4 rings (SSSR count). The minimum Gasteiger partial charge on any atom is -0.353 e. The third kappa shape index (κ3) is 5.09. The number of hydrogen-bond acceptors (Lipinski definition) is 6. The summed E-state index contributed by atoms with van der Waals surface area (Å²) in [7, 11) is 0. The lowest BCUT2D eigenvalue weighted by Gasteiger charge is -2.35. The van der Waals surface area contributed by atoms with Crippen molar-refractivity contribution in [3.8, 4) is 11.1 Å². The van der Waals surface area contributed by atoms with Gasteiger partial charge < -0.3 is 15.5 Å². The number of piperidine rings is 1. The van der Waals surface area contributed by atoms with Gasteiger partial charge in [0.1, 0.15) is 12.0 Å². The molecular weight excluding hydrogens is 390 g/mol. The number of rotatable bonds is 5. The summed E-state index contributed by atoms with van der Waals surface area (Å²) in [5.74, 6) is 0.357. The van der Waals surface area contributed by atoms with E-state index in [0.717, 1.165) is 23.5 Å². The highest BCUT2D eigenvalue weighted by Crippen LogP contribution is 2.23. The van der Waals surface area contributed by atoms with Crippen LogP contribution >= 0.6 is 0 Å². The van der Waals surface area contributed by atoms with Crippen molar-refractivity contribution >= 4 is 11.7 Å². The Morgan fingerprint density at radius 1 is 1.17 bits per heavy atom. The zero-order chi connectivity index (χ0) is 20.9. The van der Waals surface area contributed by atoms with E-state index in [2.05, 4.69) is 30.6 Å². The molecule has 1 aromatic heterocycles. The molecule has 2 saturated heterocycles. The maximum absolute atomic E-state index is 13.9. The molecule has 3 heterocycles. The SMILES string of the molecule is O=C(CN1CCN(c2cc(-c3ccc(F)cc3)cnn2)CC1)N[C@@H]1CCNC[C@H]1F. The Bertz CT molecular complexity index is 857. The zero-order valence-corrected chi connectivity index (χ0v) is 16.7. The summed E-state index contributed by atoms with van der Waals surface area (Å²) in [5.41, 5.74) is 1.76. The van der Waals surface area contributed by atoms with Crippen LogP contribution in [-0.4, -0.2) is 79.0 Å². The summed E-state index contributed by atoms with van der Waals surface area (Å²) in [5, 5.41) is 14.1. The largest absolute Gasteiger partial charge is 0.353 e. The van der Waals surface area contributed by atoms with Gasteiger partial charge >= 0.3 is 0 Å². The van der Waals surface area contributed by atoms with Crippen molar-refractivity contribution in [2.45, 2.75) is 18.6 Å². The third-order valence-corrected chi connectivity index (χ3v) is 5.64. The van der Waals surface area contributed by atoms with Crippen LogP contribution < -0.4 is 15.5 Å². The molecule has 0 bridgehead atoms. The molecule has 2 atom stereocenters. The van der Waals surface area contributed by atoms with E-state index in [-0.39, 0.29) is 18.3 Å². The summed E-state index contributed by atoms with van der Waals surface area (Å²) in [6.45, 7) is 4.14. The molecule has 7 nitrogen and oxygen atoms in total. The minimum absolute atomic E-state index is 0.129. The molecule has 1 amide bonds. The summed E-state index contributed by atoms with van der Waals surface area (Å²) < 4.78 is 27.0. The molecular formula is C21H26F2N6O. The van der Waals surface area contributed by atoms with Gasteiger partial charge in [0.2, 0.25) is 5.91 Å². The van der Waals surface area contributed by atoms with E-state index in [1.165, 1.54) is 12.1 Å². The van der Waals surface area contributed by atoms with Gasteiger partial charge in [-0.15, -0.1) is 5.10 Å². The van der Waals surface area contributed by atoms with Crippen LogP contribution in [0.2, 0.25) is 0 Å². The lowest BCUT2D eigenvalue weighted by molar-refractivity contribution is -0.123. The number of anilines is 1. The van der Waals surface area contributed by atoms with Crippen molar-refractivity contribution in [2.24, 2.45) is 0 Å². The summed E-state index contributed by atoms with van der Waals surface area (Å²) >= 11 is 0. The summed E-state index contributed by atoms with van der Waals surface area (Å²) in [6.07, 6.45) is 1.24. The van der Waals surface area contributed by atoms with Gasteiger partial charge in [-0.05, 0) is 36.7 Å². The van der Waals surface area contributed by atoms with Crippen LogP contribution in [-0.2, 0) is 4.79 Å². The zero-order valence-electron chi connectivity index (χ0n) is 16.7. The van der Waals surface area contributed by atoms with Crippen LogP contribution in [0.4, 0.5) is 14.6 Å². The fraction of sp³-hybridized carbons (Fsp3) is 0.476. The first-order valence-corrected chi connectivity index (χ1v) is 10.3. The van der Waals surface area contributed by atoms with Crippen molar-refractivity contribution < 1.29 is 13.6 Å². The number of aromatic nitrogens is 2. The standard InChI is InChI=1S/C21H26F2N6O/c22-17-3-1-15(2-4-17)16-11-20(27-25-12-16)29-9-7-28(8-10-29)14-21(30)26-19-5-6-24-13-18(19)23/h1-4,11-12,18-19,24H,5-10,13-14H2,(H,26,30)/t18-,19-/m1/s1. The van der Waals surface area contributed by atoms with Crippen LogP contribution in [0.15, 0.2) is 36.5 Å². The van der Waals surface area contributed by atoms with Crippen molar-refractivity contribution in [1.29, 1.82) is 0 Å². The van der Waals surface area contributed by atoms with E-state index >= 15 is 0 Å². The molecule has 0 aliphatic carbocycles. The number of alkyl halides is 1. The number of nitrogens with one attached hydrogen (secondary N) is 2. The molecule has 2 fully saturated rings. The van der Waals surface area contributed by atoms with Gasteiger partial charge in [-0.1, -0.05) is 12.1 Å². The quantitative estimate of drug-likeness (QED) is 0.764. The monoisotopic (exact) mass is 416 g/mol. The van der Waals surface area contributed by atoms with Crippen molar-refractivity contribution in [3.05, 3.63) is 42.3 Å². The highest BCUT2D eigenvalue weighted by atomic mass is 19.1. The topological polar surface area (TPSA) is 73.4 Å². The van der Waals surface area contributed by atoms with Gasteiger partial charge in [-0.3, -0.25) is 9.69 Å². The van der Waals surface area contributed by atoms with E-state index in [4.69, 9.17) is 0 Å². The van der Waals surface area contributed by atoms with E-state index < -0.39 is 12.2 Å². The second kappa shape index (κ2) is 9.44. The highest BCUT2D eigenvalue weighted by molar-refractivity contribution is 5.78. The number of halogens is 2. The lowest BCUT2D eigenvalue weighted by atomic mass is 10.1. The van der Waals surface area contributed by atoms with Gasteiger partial charge in [-0.25, -0.2) is 8.78 Å². The van der Waals surface area contributed by atoms with Gasteiger partial charge in [-0.2, -0.15) is 5.10 Å². The van der Waals surface area contributed by atoms with Crippen LogP contribution in [0, 0.1) is 5.82 Å². The minimum atomic E-state index is -1.04. The molecule has 1 aromatic carbocycles. The number of hydrogen-bond donors (Lipinski definition) is 2. The molecule has 9 heteroatoms. The predicted octanol–water partition coefficient (Wildman–Crippen LogP) is 1.22. The molecule has 2 aliphatic heterocycles. The number of benzene rings is 1. The van der Waals surface area contributed by atoms with Crippen LogP contribution in [0.5, 0.6) is 0 Å². The highest BCUT2D eigenvalue weighted by Gasteiger charge is 2.27. The Labute approximate surface area is 174 Å². The Balaban J connectivity index is 1.29. The van der Waals surface area contributed by atoms with Crippen LogP contribution in [0.25, 0.3) is 11.1 Å². The van der Waals surface area contributed by atoms with Crippen LogP contribution in [0.3, 0.4) is 0 Å². The first kappa shape index (κ1) is 20.6. The van der Waals surface area contributed by atoms with E-state index in [0.29, 0.717) is 39.1 Å². The number of carbonyl (C=O) groups excluding carboxylic acids is 1. The van der Waals surface area contributed by atoms with Gasteiger partial charge in [0.25, 0.3) is 0 Å². The van der Waals surface area contributed by atoms with E-state index in [9.17, 15) is 13.6 Å². The molecule has 0 saturated carbocycles. The Morgan fingerprint density at radius 2 is 1.93 bits per heavy atom. The molecule has 0 unspecified atom stereocenters. The fourth-order valence-electron chi connectivity index (χ4n) is 3.88. The molecule has 30 heavy (non-hydrogen) atoms. The first-order valence-electron chi connectivity index (χ1n) is 10.3. The molecule has 0 radical (unpaired) electrons. The fourth-order valence-corrected chi connectivity index (χ4v) is 3.88. The van der Waals surface area contributed by atoms with Crippen molar-refractivity contribution in [3.63, 3.8) is 0 Å². The van der Waals surface area contributed by atoms with Gasteiger partial charge in [0, 0.05) is 38.3 Å². The normalized spacial score (nSPS) is 22.7. The van der Waals surface area contributed by atoms with Crippen molar-refractivity contribution in [2.75, 3.05) is 50.7 Å². The van der Waals surface area contributed by atoms with Crippen LogP contribution in [0.1, 0.15) is 6.42 Å². The average molecular weight is 416 g/mol. The predicted molar refractivity (Wildman–Crippen MR) is 110 cm³/mol. The number of carbonyl (C=O) groups is 1. The van der Waals surface area contributed by atoms with Gasteiger partial charge in [0.05, 0.1) is 18.8 Å². The number of nitrogens with zero attached hydrogens (tertiary/aromatic N) is 4. The van der Waals surface area contributed by atoms with Gasteiger partial charge in [0.15, 0.2) is 5.82 Å². The molecule has 2 aromatic rings. The number of piperazine rings is 1.